The lowest BCUT2D eigenvalue weighted by Gasteiger charge is -2.30. The fraction of sp³-hybridized carbons (Fsp3) is 0.450. The third-order valence-electron chi connectivity index (χ3n) is 5.73. The molecule has 1 fully saturated rings. The molecule has 0 bridgehead atoms. The average molecular weight is 449 g/mol. The third-order valence-corrected chi connectivity index (χ3v) is 8.31. The Morgan fingerprint density at radius 1 is 1.23 bits per heavy atom. The first-order chi connectivity index (χ1) is 14.3. The smallest absolute Gasteiger partial charge is 0.243 e. The van der Waals surface area contributed by atoms with Crippen molar-refractivity contribution in [1.82, 2.24) is 9.29 Å². The lowest BCUT2D eigenvalue weighted by Crippen LogP contribution is -2.41. The van der Waals surface area contributed by atoms with Crippen molar-refractivity contribution in [3.8, 4) is 0 Å². The minimum absolute atomic E-state index is 0.0162. The molecule has 10 heteroatoms. The molecule has 4 rings (SSSR count). The number of nitrogens with one attached hydrogen (secondary N) is 1. The van der Waals surface area contributed by atoms with Crippen molar-refractivity contribution in [2.24, 2.45) is 5.92 Å². The van der Waals surface area contributed by atoms with Crippen molar-refractivity contribution in [2.75, 3.05) is 23.3 Å². The second kappa shape index (κ2) is 8.09. The molecular weight excluding hydrogens is 424 g/mol. The van der Waals surface area contributed by atoms with Gasteiger partial charge in [0.25, 0.3) is 0 Å². The van der Waals surface area contributed by atoms with Crippen LogP contribution in [0.2, 0.25) is 0 Å². The topological polar surface area (TPSA) is 99.7 Å². The van der Waals surface area contributed by atoms with Gasteiger partial charge in [0, 0.05) is 49.2 Å². The number of fused-ring (bicyclic) bond motifs is 1. The maximum atomic E-state index is 13.2. The van der Waals surface area contributed by atoms with Crippen molar-refractivity contribution in [3.63, 3.8) is 0 Å². The molecule has 1 saturated heterocycles. The van der Waals surface area contributed by atoms with Crippen LogP contribution in [0, 0.1) is 5.92 Å². The molecule has 0 saturated carbocycles. The number of carbonyl (C=O) groups is 2. The molecule has 8 nitrogen and oxygen atoms in total. The number of aromatic nitrogens is 1. The summed E-state index contributed by atoms with van der Waals surface area (Å²) in [5, 5.41) is 5.14. The summed E-state index contributed by atoms with van der Waals surface area (Å²) in [6.45, 7) is 4.07. The first-order valence-corrected chi connectivity index (χ1v) is 12.2. The number of carbonyl (C=O) groups excluding carboxylic acids is 2. The van der Waals surface area contributed by atoms with Gasteiger partial charge in [0.2, 0.25) is 21.8 Å². The van der Waals surface area contributed by atoms with Gasteiger partial charge in [0.05, 0.1) is 4.90 Å². The maximum absolute atomic E-state index is 13.2. The zero-order valence-corrected chi connectivity index (χ0v) is 18.5. The van der Waals surface area contributed by atoms with E-state index in [9.17, 15) is 18.0 Å². The Morgan fingerprint density at radius 2 is 1.97 bits per heavy atom. The van der Waals surface area contributed by atoms with E-state index in [1.54, 1.807) is 34.7 Å². The number of rotatable bonds is 4. The molecule has 2 amide bonds. The molecule has 1 N–H and O–H groups in total. The van der Waals surface area contributed by atoms with Gasteiger partial charge < -0.3 is 10.2 Å². The van der Waals surface area contributed by atoms with E-state index in [-0.39, 0.29) is 28.7 Å². The van der Waals surface area contributed by atoms with E-state index in [2.05, 4.69) is 10.3 Å². The summed E-state index contributed by atoms with van der Waals surface area (Å²) >= 11 is 1.36. The summed E-state index contributed by atoms with van der Waals surface area (Å²) in [4.78, 5) is 30.3. The molecule has 30 heavy (non-hydrogen) atoms. The summed E-state index contributed by atoms with van der Waals surface area (Å²) in [6.07, 6.45) is 3.20. The number of hydrogen-bond acceptors (Lipinski definition) is 6. The summed E-state index contributed by atoms with van der Waals surface area (Å²) in [7, 11) is -3.65. The maximum Gasteiger partial charge on any atom is 0.243 e. The van der Waals surface area contributed by atoms with E-state index < -0.39 is 10.0 Å². The van der Waals surface area contributed by atoms with Crippen LogP contribution in [-0.2, 0) is 26.0 Å². The molecule has 1 atom stereocenters. The minimum Gasteiger partial charge on any atom is -0.309 e. The van der Waals surface area contributed by atoms with E-state index >= 15 is 0 Å². The van der Waals surface area contributed by atoms with Gasteiger partial charge in [-0.3, -0.25) is 9.59 Å². The van der Waals surface area contributed by atoms with Gasteiger partial charge in [0.15, 0.2) is 5.13 Å². The normalized spacial score (nSPS) is 20.2. The van der Waals surface area contributed by atoms with Gasteiger partial charge in [-0.1, -0.05) is 0 Å². The number of anilines is 2. The van der Waals surface area contributed by atoms with Crippen LogP contribution in [0.1, 0.15) is 32.3 Å². The molecule has 3 heterocycles. The van der Waals surface area contributed by atoms with E-state index in [0.29, 0.717) is 37.5 Å². The summed E-state index contributed by atoms with van der Waals surface area (Å²) in [5.74, 6) is -0.391. The molecule has 1 aromatic carbocycles. The number of piperidine rings is 1. The highest BCUT2D eigenvalue weighted by Gasteiger charge is 2.34. The van der Waals surface area contributed by atoms with E-state index in [4.69, 9.17) is 0 Å². The third kappa shape index (κ3) is 3.86. The average Bonchev–Trinajstić information content (AvgIpc) is 3.33. The van der Waals surface area contributed by atoms with Crippen LogP contribution in [0.25, 0.3) is 0 Å². The summed E-state index contributed by atoms with van der Waals surface area (Å²) in [6, 6.07) is 5.00. The standard InChI is InChI=1S/C20H24N4O4S2/c1-13-11-16-12-17(3-4-18(16)24(13)14(2)25)30(27,28)23-8-5-15(6-9-23)19(26)22-20-21-7-10-29-20/h3-4,7,10,12-13,15H,5-6,8-9,11H2,1-2H3,(H,21,22,26). The van der Waals surface area contributed by atoms with Crippen molar-refractivity contribution in [2.45, 2.75) is 44.0 Å². The lowest BCUT2D eigenvalue weighted by atomic mass is 9.97. The van der Waals surface area contributed by atoms with Crippen LogP contribution in [0.3, 0.4) is 0 Å². The first-order valence-electron chi connectivity index (χ1n) is 9.90. The molecule has 0 aliphatic carbocycles. The van der Waals surface area contributed by atoms with Crippen LogP contribution < -0.4 is 10.2 Å². The highest BCUT2D eigenvalue weighted by molar-refractivity contribution is 7.89. The van der Waals surface area contributed by atoms with E-state index in [1.807, 2.05) is 6.92 Å². The zero-order chi connectivity index (χ0) is 21.5. The highest BCUT2D eigenvalue weighted by Crippen LogP contribution is 2.35. The van der Waals surface area contributed by atoms with Gasteiger partial charge >= 0.3 is 0 Å². The summed E-state index contributed by atoms with van der Waals surface area (Å²) in [5.41, 5.74) is 1.66. The number of hydrogen-bond donors (Lipinski definition) is 1. The van der Waals surface area contributed by atoms with Crippen LogP contribution in [0.5, 0.6) is 0 Å². The Morgan fingerprint density at radius 3 is 2.60 bits per heavy atom. The van der Waals surface area contributed by atoms with Gasteiger partial charge in [0.1, 0.15) is 0 Å². The minimum atomic E-state index is -3.65. The number of nitrogens with zero attached hydrogens (tertiary/aromatic N) is 3. The van der Waals surface area contributed by atoms with Gasteiger partial charge in [-0.15, -0.1) is 11.3 Å². The number of benzene rings is 1. The van der Waals surface area contributed by atoms with Gasteiger partial charge in [-0.05, 0) is 49.9 Å². The van der Waals surface area contributed by atoms with Crippen molar-refractivity contribution in [1.29, 1.82) is 0 Å². The zero-order valence-electron chi connectivity index (χ0n) is 16.9. The summed E-state index contributed by atoms with van der Waals surface area (Å²) < 4.78 is 27.8. The first kappa shape index (κ1) is 21.0. The molecule has 2 aliphatic heterocycles. The van der Waals surface area contributed by atoms with E-state index in [0.717, 1.165) is 11.3 Å². The van der Waals surface area contributed by atoms with Crippen LogP contribution >= 0.6 is 11.3 Å². The number of thiazole rings is 1. The Labute approximate surface area is 180 Å². The van der Waals surface area contributed by atoms with Crippen molar-refractivity contribution < 1.29 is 18.0 Å². The fourth-order valence-electron chi connectivity index (χ4n) is 4.25. The Hall–Kier alpha value is -2.30. The second-order valence-corrected chi connectivity index (χ2v) is 10.6. The molecule has 0 spiro atoms. The number of sulfonamides is 1. The van der Waals surface area contributed by atoms with Crippen LogP contribution in [0.15, 0.2) is 34.7 Å². The monoisotopic (exact) mass is 448 g/mol. The van der Waals surface area contributed by atoms with E-state index in [1.165, 1.54) is 22.6 Å². The Kier molecular flexibility index (Phi) is 5.65. The SMILES string of the molecule is CC(=O)N1c2ccc(S(=O)(=O)N3CCC(C(=O)Nc4nccs4)CC3)cc2CC1C. The molecule has 2 aromatic rings. The van der Waals surface area contributed by atoms with Crippen LogP contribution in [-0.4, -0.2) is 48.7 Å². The molecule has 160 valence electrons. The van der Waals surface area contributed by atoms with Crippen molar-refractivity contribution >= 4 is 44.0 Å². The Balaban J connectivity index is 1.45. The quantitative estimate of drug-likeness (QED) is 0.775. The van der Waals surface area contributed by atoms with Crippen molar-refractivity contribution in [3.05, 3.63) is 35.3 Å². The molecular formula is C20H24N4O4S2. The van der Waals surface area contributed by atoms with Gasteiger partial charge in [-0.25, -0.2) is 13.4 Å². The highest BCUT2D eigenvalue weighted by atomic mass is 32.2. The fourth-order valence-corrected chi connectivity index (χ4v) is 6.30. The van der Waals surface area contributed by atoms with Crippen LogP contribution in [0.4, 0.5) is 10.8 Å². The Bertz CT molecular complexity index is 1060. The number of amides is 2. The van der Waals surface area contributed by atoms with Gasteiger partial charge in [-0.2, -0.15) is 4.31 Å². The molecule has 2 aliphatic rings. The molecule has 1 aromatic heterocycles. The lowest BCUT2D eigenvalue weighted by molar-refractivity contribution is -0.121. The predicted octanol–water partition coefficient (Wildman–Crippen LogP) is 2.48. The molecule has 1 unspecified atom stereocenters. The molecule has 0 radical (unpaired) electrons. The predicted molar refractivity (Wildman–Crippen MR) is 115 cm³/mol. The second-order valence-electron chi connectivity index (χ2n) is 7.74. The largest absolute Gasteiger partial charge is 0.309 e.